The van der Waals surface area contributed by atoms with E-state index in [1.54, 1.807) is 6.07 Å². The van der Waals surface area contributed by atoms with Crippen LogP contribution in [0.2, 0.25) is 0 Å². The van der Waals surface area contributed by atoms with Crippen molar-refractivity contribution in [2.24, 2.45) is 0 Å². The summed E-state index contributed by atoms with van der Waals surface area (Å²) < 4.78 is 95.8. The number of amides is 4. The van der Waals surface area contributed by atoms with Gasteiger partial charge in [0.25, 0.3) is 29.9 Å². The molecule has 14 heteroatoms. The smallest absolute Gasteiger partial charge is 0.420 e. The quantitative estimate of drug-likeness (QED) is 0.195. The Hall–Kier alpha value is -5.40. The summed E-state index contributed by atoms with van der Waals surface area (Å²) in [5.74, 6) is -5.22. The van der Waals surface area contributed by atoms with E-state index >= 15 is 0 Å². The van der Waals surface area contributed by atoms with Crippen molar-refractivity contribution in [3.63, 3.8) is 0 Å². The van der Waals surface area contributed by atoms with E-state index in [2.05, 4.69) is 0 Å². The normalized spacial score (nSPS) is 15.3. The molecular formula is C29H16F6N2O6. The standard InChI is InChI=1S/C29H16F6N2O6/c30-28(31,32)19-14-17(36-23(38)10-11-24(36)39)6-8-21(19)42-27(16-4-2-1-3-5-16)43-22-9-7-18(15-20(22)29(33,34)35)37-25(40)12-13-26(37)41/h1-15,27H. The van der Waals surface area contributed by atoms with E-state index in [0.717, 1.165) is 48.6 Å². The zero-order valence-corrected chi connectivity index (χ0v) is 21.3. The number of hydrogen-bond donors (Lipinski definition) is 0. The van der Waals surface area contributed by atoms with Crippen molar-refractivity contribution in [3.05, 3.63) is 108 Å². The van der Waals surface area contributed by atoms with Crippen molar-refractivity contribution in [2.45, 2.75) is 18.6 Å². The first kappa shape index (κ1) is 29.1. The lowest BCUT2D eigenvalue weighted by atomic mass is 10.1. The number of nitrogens with zero attached hydrogens (tertiary/aromatic N) is 2. The number of ether oxygens (including phenoxy) is 2. The summed E-state index contributed by atoms with van der Waals surface area (Å²) in [6.45, 7) is 0. The van der Waals surface area contributed by atoms with Gasteiger partial charge in [0.1, 0.15) is 11.5 Å². The summed E-state index contributed by atoms with van der Waals surface area (Å²) in [5.41, 5.74) is -3.67. The number of anilines is 2. The fourth-order valence-electron chi connectivity index (χ4n) is 4.27. The first-order valence-electron chi connectivity index (χ1n) is 12.2. The lowest BCUT2D eigenvalue weighted by molar-refractivity contribution is -0.142. The van der Waals surface area contributed by atoms with E-state index in [0.29, 0.717) is 21.9 Å². The molecule has 3 aromatic rings. The van der Waals surface area contributed by atoms with Crippen molar-refractivity contribution in [3.8, 4) is 11.5 Å². The van der Waals surface area contributed by atoms with Gasteiger partial charge < -0.3 is 9.47 Å². The molecule has 0 atom stereocenters. The Morgan fingerprint density at radius 2 is 0.907 bits per heavy atom. The van der Waals surface area contributed by atoms with Gasteiger partial charge in [-0.15, -0.1) is 0 Å². The van der Waals surface area contributed by atoms with Crippen LogP contribution in [0.3, 0.4) is 0 Å². The molecule has 43 heavy (non-hydrogen) atoms. The molecule has 2 aliphatic rings. The van der Waals surface area contributed by atoms with Crippen LogP contribution in [-0.2, 0) is 31.5 Å². The van der Waals surface area contributed by atoms with Gasteiger partial charge in [-0.3, -0.25) is 19.2 Å². The van der Waals surface area contributed by atoms with Gasteiger partial charge in [0, 0.05) is 29.9 Å². The third-order valence-corrected chi connectivity index (χ3v) is 6.21. The van der Waals surface area contributed by atoms with E-state index in [1.165, 1.54) is 24.3 Å². The topological polar surface area (TPSA) is 93.2 Å². The van der Waals surface area contributed by atoms with Gasteiger partial charge in [-0.25, -0.2) is 9.80 Å². The number of hydrogen-bond acceptors (Lipinski definition) is 6. The molecule has 2 aliphatic heterocycles. The number of rotatable bonds is 7. The minimum absolute atomic E-state index is 0.0279. The minimum atomic E-state index is -5.09. The number of carbonyl (C=O) groups excluding carboxylic acids is 4. The van der Waals surface area contributed by atoms with Gasteiger partial charge in [-0.2, -0.15) is 26.3 Å². The molecular weight excluding hydrogens is 586 g/mol. The van der Waals surface area contributed by atoms with Crippen LogP contribution in [-0.4, -0.2) is 23.6 Å². The van der Waals surface area contributed by atoms with Crippen LogP contribution in [0.15, 0.2) is 91.0 Å². The SMILES string of the molecule is O=C1C=CC(=O)N1c1ccc(OC(Oc2ccc(N3C(=O)C=CC3=O)cc2C(F)(F)F)c2ccccc2)c(C(F)(F)F)c1. The summed E-state index contributed by atoms with van der Waals surface area (Å²) in [4.78, 5) is 49.0. The largest absolute Gasteiger partial charge is 0.450 e. The monoisotopic (exact) mass is 602 g/mol. The molecule has 0 N–H and O–H groups in total. The first-order valence-corrected chi connectivity index (χ1v) is 12.2. The fraction of sp³-hybridized carbons (Fsp3) is 0.103. The molecule has 5 rings (SSSR count). The Morgan fingerprint density at radius 1 is 0.535 bits per heavy atom. The lowest BCUT2D eigenvalue weighted by Gasteiger charge is -2.26. The Morgan fingerprint density at radius 3 is 1.26 bits per heavy atom. The number of imide groups is 2. The van der Waals surface area contributed by atoms with Crippen LogP contribution in [0.1, 0.15) is 23.0 Å². The van der Waals surface area contributed by atoms with Crippen LogP contribution in [0.25, 0.3) is 0 Å². The van der Waals surface area contributed by atoms with Crippen molar-refractivity contribution in [2.75, 3.05) is 9.80 Å². The highest BCUT2D eigenvalue weighted by Gasteiger charge is 2.40. The van der Waals surface area contributed by atoms with Crippen LogP contribution in [0.4, 0.5) is 37.7 Å². The molecule has 0 radical (unpaired) electrons. The predicted octanol–water partition coefficient (Wildman–Crippen LogP) is 5.74. The number of alkyl halides is 6. The maximum Gasteiger partial charge on any atom is 0.420 e. The van der Waals surface area contributed by atoms with E-state index < -0.39 is 76.3 Å². The van der Waals surface area contributed by atoms with E-state index in [4.69, 9.17) is 9.47 Å². The van der Waals surface area contributed by atoms with Crippen LogP contribution >= 0.6 is 0 Å². The van der Waals surface area contributed by atoms with Crippen molar-refractivity contribution in [1.29, 1.82) is 0 Å². The zero-order chi connectivity index (χ0) is 31.1. The molecule has 220 valence electrons. The summed E-state index contributed by atoms with van der Waals surface area (Å²) >= 11 is 0. The fourth-order valence-corrected chi connectivity index (χ4v) is 4.27. The van der Waals surface area contributed by atoms with Gasteiger partial charge >= 0.3 is 12.4 Å². The summed E-state index contributed by atoms with van der Waals surface area (Å²) in [6.07, 6.45) is -8.53. The molecule has 0 bridgehead atoms. The summed E-state index contributed by atoms with van der Waals surface area (Å²) in [7, 11) is 0. The third-order valence-electron chi connectivity index (χ3n) is 6.21. The van der Waals surface area contributed by atoms with Crippen molar-refractivity contribution in [1.82, 2.24) is 0 Å². The van der Waals surface area contributed by atoms with Gasteiger partial charge in [0.05, 0.1) is 22.5 Å². The molecule has 0 aromatic heterocycles. The summed E-state index contributed by atoms with van der Waals surface area (Å²) in [6, 6.07) is 11.7. The molecule has 0 fully saturated rings. The molecule has 4 amide bonds. The van der Waals surface area contributed by atoms with Crippen LogP contribution in [0.5, 0.6) is 11.5 Å². The number of benzene rings is 3. The van der Waals surface area contributed by atoms with E-state index in [-0.39, 0.29) is 5.56 Å². The Bertz CT molecular complexity index is 1560. The summed E-state index contributed by atoms with van der Waals surface area (Å²) in [5, 5.41) is 0. The van der Waals surface area contributed by atoms with Crippen LogP contribution < -0.4 is 19.3 Å². The molecule has 0 saturated heterocycles. The lowest BCUT2D eigenvalue weighted by Crippen LogP contribution is -2.30. The van der Waals surface area contributed by atoms with Crippen molar-refractivity contribution >= 4 is 35.0 Å². The predicted molar refractivity (Wildman–Crippen MR) is 137 cm³/mol. The molecule has 8 nitrogen and oxygen atoms in total. The number of halogens is 6. The van der Waals surface area contributed by atoms with Gasteiger partial charge in [-0.05, 0) is 36.4 Å². The Labute approximate surface area is 238 Å². The maximum atomic E-state index is 14.1. The molecule has 2 heterocycles. The molecule has 0 spiro atoms. The van der Waals surface area contributed by atoms with E-state index in [1.807, 2.05) is 0 Å². The van der Waals surface area contributed by atoms with Crippen molar-refractivity contribution < 1.29 is 55.0 Å². The Balaban J connectivity index is 1.55. The highest BCUT2D eigenvalue weighted by molar-refractivity contribution is 6.28. The highest BCUT2D eigenvalue weighted by atomic mass is 19.4. The maximum absolute atomic E-state index is 14.1. The second kappa shape index (κ2) is 10.8. The van der Waals surface area contributed by atoms with Gasteiger partial charge in [0.2, 0.25) is 0 Å². The van der Waals surface area contributed by atoms with Crippen LogP contribution in [0, 0.1) is 0 Å². The zero-order valence-electron chi connectivity index (χ0n) is 21.3. The molecule has 0 aliphatic carbocycles. The molecule has 3 aromatic carbocycles. The highest BCUT2D eigenvalue weighted by Crippen LogP contribution is 2.43. The number of carbonyl (C=O) groups is 4. The minimum Gasteiger partial charge on any atom is -0.450 e. The average Bonchev–Trinajstić information content (AvgIpc) is 3.47. The average molecular weight is 602 g/mol. The second-order valence-corrected chi connectivity index (χ2v) is 9.03. The van der Waals surface area contributed by atoms with E-state index in [9.17, 15) is 45.5 Å². The second-order valence-electron chi connectivity index (χ2n) is 9.03. The van der Waals surface area contributed by atoms with Gasteiger partial charge in [-0.1, -0.05) is 30.3 Å². The Kier molecular flexibility index (Phi) is 7.30. The van der Waals surface area contributed by atoms with Gasteiger partial charge in [0.15, 0.2) is 0 Å². The first-order chi connectivity index (χ1) is 20.2. The third kappa shape index (κ3) is 5.84. The molecule has 0 saturated carbocycles. The molecule has 0 unspecified atom stereocenters.